The van der Waals surface area contributed by atoms with E-state index in [4.69, 9.17) is 13.1 Å². The summed E-state index contributed by atoms with van der Waals surface area (Å²) in [6.07, 6.45) is 0. The van der Waals surface area contributed by atoms with Crippen LogP contribution >= 0.6 is 11.3 Å². The third-order valence-electron chi connectivity index (χ3n) is 7.12. The van der Waals surface area contributed by atoms with Gasteiger partial charge in [-0.05, 0) is 22.3 Å². The van der Waals surface area contributed by atoms with Crippen LogP contribution in [0, 0.1) is 35.8 Å². The number of thiophene rings is 1. The molecule has 7 heteroatoms. The Kier molecular flexibility index (Phi) is 5.52. The van der Waals surface area contributed by atoms with Crippen LogP contribution in [-0.2, 0) is 0 Å². The number of hydrogen-bond acceptors (Lipinski definition) is 3. The molecule has 0 N–H and O–H groups in total. The first-order chi connectivity index (χ1) is 17.5. The molecular formula is C30H24N4SSi2. The summed E-state index contributed by atoms with van der Waals surface area (Å²) in [6.45, 7) is 29.2. The molecule has 0 fully saturated rings. The molecule has 0 radical (unpaired) electrons. The van der Waals surface area contributed by atoms with Crippen molar-refractivity contribution in [1.82, 2.24) is 0 Å². The average molecular weight is 529 g/mol. The summed E-state index contributed by atoms with van der Waals surface area (Å²) < 4.78 is 0. The Labute approximate surface area is 224 Å². The number of fused-ring (bicyclic) bond motifs is 7. The molecule has 0 spiro atoms. The van der Waals surface area contributed by atoms with Gasteiger partial charge in [0.2, 0.25) is 0 Å². The van der Waals surface area contributed by atoms with Crippen LogP contribution < -0.4 is 10.4 Å². The molecule has 2 aliphatic carbocycles. The van der Waals surface area contributed by atoms with Gasteiger partial charge in [0.1, 0.15) is 0 Å². The molecule has 0 unspecified atom stereocenters. The molecular weight excluding hydrogens is 505 g/mol. The van der Waals surface area contributed by atoms with Crippen molar-refractivity contribution in [3.8, 4) is 34.4 Å². The molecule has 2 aliphatic rings. The highest BCUT2D eigenvalue weighted by atomic mass is 32.1. The van der Waals surface area contributed by atoms with Crippen LogP contribution in [0.25, 0.3) is 43.1 Å². The Balaban J connectivity index is 1.93. The molecule has 4 nitrogen and oxygen atoms in total. The predicted molar refractivity (Wildman–Crippen MR) is 158 cm³/mol. The number of nitrogens with zero attached hydrogens (tertiary/aromatic N) is 4. The van der Waals surface area contributed by atoms with E-state index in [-0.39, 0.29) is 11.4 Å². The molecule has 1 heterocycles. The summed E-state index contributed by atoms with van der Waals surface area (Å²) in [4.78, 5) is 8.99. The summed E-state index contributed by atoms with van der Waals surface area (Å²) in [5, 5.41) is 22.3. The Hall–Kier alpha value is -3.99. The Morgan fingerprint density at radius 2 is 1.05 bits per heavy atom. The van der Waals surface area contributed by atoms with E-state index in [1.165, 1.54) is 21.7 Å². The Bertz CT molecular complexity index is 1620. The first-order valence-electron chi connectivity index (χ1n) is 12.0. The maximum atomic E-state index is 9.90. The SMILES string of the molecule is [C-]#[N+]/C(C#N)=C1/c2cc([Si](C)(C)C)ccc2-c2c1sc1c2-c2ccc([Si](C)(C)C)cc2/C1=C(/C#N)[N+]#[C-]. The van der Waals surface area contributed by atoms with Gasteiger partial charge in [0.15, 0.2) is 0 Å². The monoisotopic (exact) mass is 528 g/mol. The van der Waals surface area contributed by atoms with Crippen LogP contribution in [0.1, 0.15) is 20.9 Å². The minimum atomic E-state index is -1.63. The van der Waals surface area contributed by atoms with Gasteiger partial charge in [-0.1, -0.05) is 86.1 Å². The zero-order valence-corrected chi connectivity index (χ0v) is 24.5. The number of hydrogen-bond donors (Lipinski definition) is 0. The van der Waals surface area contributed by atoms with Crippen molar-refractivity contribution in [3.05, 3.63) is 91.5 Å². The molecule has 0 amide bonds. The van der Waals surface area contributed by atoms with E-state index >= 15 is 0 Å². The van der Waals surface area contributed by atoms with E-state index in [0.29, 0.717) is 11.1 Å². The Morgan fingerprint density at radius 3 is 1.35 bits per heavy atom. The summed E-state index contributed by atoms with van der Waals surface area (Å²) in [6, 6.07) is 17.3. The van der Waals surface area contributed by atoms with Gasteiger partial charge in [-0.15, -0.1) is 11.3 Å². The van der Waals surface area contributed by atoms with Crippen molar-refractivity contribution < 1.29 is 0 Å². The second-order valence-corrected chi connectivity index (χ2v) is 22.6. The Morgan fingerprint density at radius 1 is 0.676 bits per heavy atom. The topological polar surface area (TPSA) is 56.3 Å². The lowest BCUT2D eigenvalue weighted by Gasteiger charge is -2.19. The molecule has 3 aromatic rings. The highest BCUT2D eigenvalue weighted by Crippen LogP contribution is 2.61. The smallest absolute Gasteiger partial charge is 0.226 e. The maximum absolute atomic E-state index is 9.90. The molecule has 37 heavy (non-hydrogen) atoms. The van der Waals surface area contributed by atoms with E-state index in [2.05, 4.69) is 97.5 Å². The number of allylic oxidation sites excluding steroid dienone is 2. The van der Waals surface area contributed by atoms with E-state index in [1.54, 1.807) is 0 Å². The molecule has 0 atom stereocenters. The molecule has 0 aliphatic heterocycles. The molecule has 0 saturated heterocycles. The number of benzene rings is 2. The normalized spacial score (nSPS) is 15.8. The molecule has 2 aromatic carbocycles. The van der Waals surface area contributed by atoms with Crippen LogP contribution in [0.3, 0.4) is 0 Å². The van der Waals surface area contributed by atoms with Gasteiger partial charge in [-0.25, -0.2) is 20.2 Å². The molecule has 0 saturated carbocycles. The number of rotatable bonds is 2. The van der Waals surface area contributed by atoms with Crippen LogP contribution in [0.15, 0.2) is 47.8 Å². The fourth-order valence-electron chi connectivity index (χ4n) is 5.16. The number of nitriles is 2. The largest absolute Gasteiger partial charge is 0.271 e. The fraction of sp³-hybridized carbons (Fsp3) is 0.200. The lowest BCUT2D eigenvalue weighted by Crippen LogP contribution is -2.37. The summed E-state index contributed by atoms with van der Waals surface area (Å²) in [5.74, 6) is 0. The second kappa shape index (κ2) is 8.27. The van der Waals surface area contributed by atoms with E-state index in [0.717, 1.165) is 43.1 Å². The lowest BCUT2D eigenvalue weighted by atomic mass is 9.99. The van der Waals surface area contributed by atoms with Crippen molar-refractivity contribution in [2.45, 2.75) is 39.3 Å². The molecule has 1 aromatic heterocycles. The quantitative estimate of drug-likeness (QED) is 0.138. The second-order valence-electron chi connectivity index (χ2n) is 11.4. The third kappa shape index (κ3) is 3.56. The summed E-state index contributed by atoms with van der Waals surface area (Å²) in [5.41, 5.74) is 7.49. The van der Waals surface area contributed by atoms with Crippen LogP contribution in [-0.4, -0.2) is 16.1 Å². The van der Waals surface area contributed by atoms with Crippen molar-refractivity contribution >= 4 is 49.0 Å². The van der Waals surface area contributed by atoms with Gasteiger partial charge < -0.3 is 0 Å². The van der Waals surface area contributed by atoms with Crippen molar-refractivity contribution in [2.75, 3.05) is 0 Å². The van der Waals surface area contributed by atoms with Crippen LogP contribution in [0.4, 0.5) is 0 Å². The minimum Gasteiger partial charge on any atom is -0.226 e. The first kappa shape index (κ1) is 24.7. The summed E-state index contributed by atoms with van der Waals surface area (Å²) in [7, 11) is -3.27. The molecule has 178 valence electrons. The van der Waals surface area contributed by atoms with Crippen molar-refractivity contribution in [1.29, 1.82) is 10.5 Å². The first-order valence-corrected chi connectivity index (χ1v) is 19.8. The van der Waals surface area contributed by atoms with Crippen molar-refractivity contribution in [3.63, 3.8) is 0 Å². The van der Waals surface area contributed by atoms with E-state index < -0.39 is 16.1 Å². The zero-order chi connectivity index (χ0) is 26.9. The van der Waals surface area contributed by atoms with Gasteiger partial charge in [0.25, 0.3) is 11.4 Å². The van der Waals surface area contributed by atoms with E-state index in [9.17, 15) is 10.5 Å². The molecule has 0 bridgehead atoms. The van der Waals surface area contributed by atoms with Gasteiger partial charge >= 0.3 is 0 Å². The van der Waals surface area contributed by atoms with Crippen molar-refractivity contribution in [2.24, 2.45) is 0 Å². The van der Waals surface area contributed by atoms with E-state index in [1.807, 2.05) is 0 Å². The maximum Gasteiger partial charge on any atom is 0.271 e. The highest BCUT2D eigenvalue weighted by Gasteiger charge is 2.40. The highest BCUT2D eigenvalue weighted by molar-refractivity contribution is 7.16. The minimum absolute atomic E-state index is 0.0816. The van der Waals surface area contributed by atoms with Gasteiger partial charge in [-0.3, -0.25) is 0 Å². The average Bonchev–Trinajstić information content (AvgIpc) is 3.46. The van der Waals surface area contributed by atoms with Gasteiger partial charge in [0.05, 0.1) is 41.4 Å². The lowest BCUT2D eigenvalue weighted by molar-refractivity contribution is 1.50. The van der Waals surface area contributed by atoms with Crippen LogP contribution in [0.5, 0.6) is 0 Å². The standard InChI is InChI=1S/C30H24N4SSi2/c1-33-23(15-31)25-21-13-17(36(3,4)5)9-11-19(21)27-28-20-12-10-18(37(6,7)8)14-22(20)26(24(16-32)34-2)30(28)35-29(25)27/h9-14H,3-8H3/b25-23-,26-24+. The fourth-order valence-corrected chi connectivity index (χ4v) is 8.93. The van der Waals surface area contributed by atoms with Crippen LogP contribution in [0.2, 0.25) is 39.3 Å². The zero-order valence-electron chi connectivity index (χ0n) is 21.7. The van der Waals surface area contributed by atoms with Gasteiger partial charge in [-0.2, -0.15) is 0 Å². The molecule has 5 rings (SSSR count). The third-order valence-corrected chi connectivity index (χ3v) is 12.4. The van der Waals surface area contributed by atoms with Gasteiger partial charge in [0, 0.05) is 32.0 Å². The predicted octanol–water partition coefficient (Wildman–Crippen LogP) is 7.20. The summed E-state index contributed by atoms with van der Waals surface area (Å²) >= 11 is 1.50.